The molecular formula is C6H12N6O. The molecule has 0 radical (unpaired) electrons. The van der Waals surface area contributed by atoms with Crippen LogP contribution in [0, 0.1) is 0 Å². The molecular weight excluding hydrogens is 172 g/mol. The van der Waals surface area contributed by atoms with E-state index in [4.69, 9.17) is 10.9 Å². The standard InChI is InChI=1S/C6H12N6O/c1-2-4-9-5(11-10-4)3-8-6(7)12-13/h13H,2-3H2,1H3,(H3,7,8,12)(H,9,10,11). The van der Waals surface area contributed by atoms with E-state index in [1.54, 1.807) is 5.48 Å². The average Bonchev–Trinajstić information content (AvgIpc) is 2.61. The number of aliphatic imine (C=N–C) groups is 1. The van der Waals surface area contributed by atoms with Gasteiger partial charge in [-0.2, -0.15) is 5.10 Å². The second-order valence-electron chi connectivity index (χ2n) is 2.37. The van der Waals surface area contributed by atoms with Crippen molar-refractivity contribution in [3.05, 3.63) is 11.6 Å². The molecule has 0 amide bonds. The molecule has 1 aromatic rings. The number of nitrogens with two attached hydrogens (primary N) is 1. The topological polar surface area (TPSA) is 112 Å². The van der Waals surface area contributed by atoms with Gasteiger partial charge in [-0.3, -0.25) is 10.3 Å². The van der Waals surface area contributed by atoms with Gasteiger partial charge in [-0.25, -0.2) is 15.5 Å². The first-order chi connectivity index (χ1) is 6.26. The van der Waals surface area contributed by atoms with E-state index in [9.17, 15) is 0 Å². The highest BCUT2D eigenvalue weighted by molar-refractivity contribution is 5.76. The van der Waals surface area contributed by atoms with Crippen LogP contribution in [0.1, 0.15) is 18.6 Å². The third-order valence-corrected chi connectivity index (χ3v) is 1.41. The molecule has 0 aliphatic heterocycles. The van der Waals surface area contributed by atoms with Crippen LogP contribution < -0.4 is 11.2 Å². The molecule has 1 heterocycles. The molecule has 7 nitrogen and oxygen atoms in total. The summed E-state index contributed by atoms with van der Waals surface area (Å²) in [6, 6.07) is 0. The summed E-state index contributed by atoms with van der Waals surface area (Å²) in [7, 11) is 0. The third kappa shape index (κ3) is 2.71. The van der Waals surface area contributed by atoms with Crippen LogP contribution in [0.15, 0.2) is 4.99 Å². The van der Waals surface area contributed by atoms with Gasteiger partial charge in [0.15, 0.2) is 5.82 Å². The lowest BCUT2D eigenvalue weighted by Gasteiger charge is -1.94. The second-order valence-corrected chi connectivity index (χ2v) is 2.37. The van der Waals surface area contributed by atoms with Crippen LogP contribution in [0.2, 0.25) is 0 Å². The van der Waals surface area contributed by atoms with Gasteiger partial charge in [-0.15, -0.1) is 0 Å². The number of hydrogen-bond acceptors (Lipinski definition) is 4. The maximum Gasteiger partial charge on any atom is 0.213 e. The van der Waals surface area contributed by atoms with Crippen molar-refractivity contribution in [1.29, 1.82) is 0 Å². The van der Waals surface area contributed by atoms with Crippen LogP contribution >= 0.6 is 0 Å². The monoisotopic (exact) mass is 184 g/mol. The summed E-state index contributed by atoms with van der Waals surface area (Å²) >= 11 is 0. The first-order valence-electron chi connectivity index (χ1n) is 3.86. The van der Waals surface area contributed by atoms with Crippen molar-refractivity contribution in [1.82, 2.24) is 20.7 Å². The molecule has 0 aliphatic carbocycles. The minimum Gasteiger partial charge on any atom is -0.368 e. The van der Waals surface area contributed by atoms with Gasteiger partial charge in [0.1, 0.15) is 12.4 Å². The Balaban J connectivity index is 2.54. The van der Waals surface area contributed by atoms with E-state index >= 15 is 0 Å². The number of hydroxylamine groups is 1. The van der Waals surface area contributed by atoms with Crippen LogP contribution in [0.3, 0.4) is 0 Å². The van der Waals surface area contributed by atoms with Gasteiger partial charge in [0.25, 0.3) is 0 Å². The van der Waals surface area contributed by atoms with Gasteiger partial charge in [0.2, 0.25) is 5.96 Å². The summed E-state index contributed by atoms with van der Waals surface area (Å²) in [5.41, 5.74) is 6.91. The Kier molecular flexibility index (Phi) is 3.21. The SMILES string of the molecule is CCc1n[nH]c(CN=C(N)NO)n1. The van der Waals surface area contributed by atoms with E-state index in [1.807, 2.05) is 6.92 Å². The van der Waals surface area contributed by atoms with Crippen LogP contribution in [-0.4, -0.2) is 26.3 Å². The van der Waals surface area contributed by atoms with E-state index in [2.05, 4.69) is 20.2 Å². The number of rotatable bonds is 3. The number of guanidine groups is 1. The lowest BCUT2D eigenvalue weighted by atomic mass is 10.5. The van der Waals surface area contributed by atoms with Crippen molar-refractivity contribution in [2.75, 3.05) is 0 Å². The summed E-state index contributed by atoms with van der Waals surface area (Å²) in [5, 5.41) is 14.9. The van der Waals surface area contributed by atoms with Crippen LogP contribution in [0.4, 0.5) is 0 Å². The second kappa shape index (κ2) is 4.41. The molecule has 0 fully saturated rings. The predicted molar refractivity (Wildman–Crippen MR) is 46.0 cm³/mol. The number of hydrogen-bond donors (Lipinski definition) is 4. The molecule has 0 aromatic carbocycles. The van der Waals surface area contributed by atoms with Crippen molar-refractivity contribution >= 4 is 5.96 Å². The summed E-state index contributed by atoms with van der Waals surface area (Å²) in [5.74, 6) is 1.31. The van der Waals surface area contributed by atoms with E-state index < -0.39 is 0 Å². The van der Waals surface area contributed by atoms with Gasteiger partial charge >= 0.3 is 0 Å². The van der Waals surface area contributed by atoms with Crippen LogP contribution in [-0.2, 0) is 13.0 Å². The number of H-pyrrole nitrogens is 1. The highest BCUT2D eigenvalue weighted by Gasteiger charge is 1.99. The Labute approximate surface area is 75.0 Å². The highest BCUT2D eigenvalue weighted by Crippen LogP contribution is 1.94. The largest absolute Gasteiger partial charge is 0.368 e. The minimum atomic E-state index is -0.0468. The van der Waals surface area contributed by atoms with Crippen molar-refractivity contribution in [3.63, 3.8) is 0 Å². The smallest absolute Gasteiger partial charge is 0.213 e. The molecule has 0 unspecified atom stereocenters. The molecule has 0 atom stereocenters. The fourth-order valence-electron chi connectivity index (χ4n) is 0.759. The molecule has 0 aliphatic rings. The van der Waals surface area contributed by atoms with E-state index in [0.717, 1.165) is 12.2 Å². The van der Waals surface area contributed by atoms with Gasteiger partial charge in [-0.05, 0) is 0 Å². The quantitative estimate of drug-likeness (QED) is 0.278. The summed E-state index contributed by atoms with van der Waals surface area (Å²) < 4.78 is 0. The zero-order chi connectivity index (χ0) is 9.68. The Morgan fingerprint density at radius 3 is 3.08 bits per heavy atom. The first kappa shape index (κ1) is 9.46. The van der Waals surface area contributed by atoms with Crippen molar-refractivity contribution in [3.8, 4) is 0 Å². The Hall–Kier alpha value is -1.63. The molecule has 0 saturated carbocycles. The molecule has 0 saturated heterocycles. The summed E-state index contributed by atoms with van der Waals surface area (Å²) in [6.45, 7) is 2.23. The Bertz CT molecular complexity index is 293. The fourth-order valence-corrected chi connectivity index (χ4v) is 0.759. The molecule has 0 bridgehead atoms. The van der Waals surface area contributed by atoms with E-state index in [0.29, 0.717) is 5.82 Å². The lowest BCUT2D eigenvalue weighted by Crippen LogP contribution is -2.28. The predicted octanol–water partition coefficient (Wildman–Crippen LogP) is -0.839. The summed E-state index contributed by atoms with van der Waals surface area (Å²) in [6.07, 6.45) is 0.772. The van der Waals surface area contributed by atoms with Crippen LogP contribution in [0.25, 0.3) is 0 Å². The fraction of sp³-hybridized carbons (Fsp3) is 0.500. The van der Waals surface area contributed by atoms with E-state index in [1.165, 1.54) is 0 Å². The maximum absolute atomic E-state index is 8.31. The molecule has 1 rings (SSSR count). The van der Waals surface area contributed by atoms with E-state index in [-0.39, 0.29) is 12.5 Å². The van der Waals surface area contributed by atoms with Crippen molar-refractivity contribution in [2.45, 2.75) is 19.9 Å². The van der Waals surface area contributed by atoms with Gasteiger partial charge in [-0.1, -0.05) is 6.92 Å². The number of aryl methyl sites for hydroxylation is 1. The molecule has 7 heteroatoms. The normalized spacial score (nSPS) is 11.7. The minimum absolute atomic E-state index is 0.0468. The Morgan fingerprint density at radius 1 is 1.77 bits per heavy atom. The van der Waals surface area contributed by atoms with Crippen molar-refractivity contribution in [2.24, 2.45) is 10.7 Å². The first-order valence-corrected chi connectivity index (χ1v) is 3.86. The maximum atomic E-state index is 8.31. The molecule has 5 N–H and O–H groups in total. The van der Waals surface area contributed by atoms with Crippen LogP contribution in [0.5, 0.6) is 0 Å². The lowest BCUT2D eigenvalue weighted by molar-refractivity contribution is 0.232. The summed E-state index contributed by atoms with van der Waals surface area (Å²) in [4.78, 5) is 7.86. The zero-order valence-electron chi connectivity index (χ0n) is 7.28. The molecule has 0 spiro atoms. The van der Waals surface area contributed by atoms with Gasteiger partial charge < -0.3 is 5.73 Å². The number of nitrogens with one attached hydrogen (secondary N) is 2. The molecule has 72 valence electrons. The average molecular weight is 184 g/mol. The molecule has 13 heavy (non-hydrogen) atoms. The Morgan fingerprint density at radius 2 is 2.54 bits per heavy atom. The third-order valence-electron chi connectivity index (χ3n) is 1.41. The van der Waals surface area contributed by atoms with Gasteiger partial charge in [0, 0.05) is 6.42 Å². The highest BCUT2D eigenvalue weighted by atomic mass is 16.5. The molecule has 1 aromatic heterocycles. The zero-order valence-corrected chi connectivity index (χ0v) is 7.28. The number of nitrogens with zero attached hydrogens (tertiary/aromatic N) is 3. The number of aromatic nitrogens is 3. The van der Waals surface area contributed by atoms with Gasteiger partial charge in [0.05, 0.1) is 0 Å². The van der Waals surface area contributed by atoms with Crippen molar-refractivity contribution < 1.29 is 5.21 Å². The number of aromatic amines is 1.